The third-order valence-electron chi connectivity index (χ3n) is 5.66. The van der Waals surface area contributed by atoms with Crippen LogP contribution in [0.1, 0.15) is 16.7 Å². The maximum absolute atomic E-state index is 13.8. The molecule has 0 spiro atoms. The average molecular weight is 533 g/mol. The number of nitriles is 1. The van der Waals surface area contributed by atoms with Gasteiger partial charge in [0.15, 0.2) is 0 Å². The zero-order valence-corrected chi connectivity index (χ0v) is 21.1. The maximum Gasteiger partial charge on any atom is 0.359 e. The van der Waals surface area contributed by atoms with Crippen molar-refractivity contribution in [3.63, 3.8) is 0 Å². The Morgan fingerprint density at radius 2 is 1.92 bits per heavy atom. The minimum absolute atomic E-state index is 0.0548. The van der Waals surface area contributed by atoms with E-state index in [1.807, 2.05) is 6.20 Å². The second kappa shape index (κ2) is 9.54. The first-order valence-corrected chi connectivity index (χ1v) is 11.7. The van der Waals surface area contributed by atoms with E-state index < -0.39 is 11.4 Å². The van der Waals surface area contributed by atoms with Gasteiger partial charge in [-0.2, -0.15) is 15.3 Å². The second-order valence-corrected chi connectivity index (χ2v) is 9.22. The van der Waals surface area contributed by atoms with Crippen LogP contribution in [0, 0.1) is 18.3 Å². The van der Waals surface area contributed by atoms with Crippen LogP contribution in [0.15, 0.2) is 64.6 Å². The minimum atomic E-state index is -0.804. The molecule has 0 radical (unpaired) electrons. The lowest BCUT2D eigenvalue weighted by molar-refractivity contribution is 0.656. The number of fused-ring (bicyclic) bond motifs is 1. The Bertz CT molecular complexity index is 1850. The van der Waals surface area contributed by atoms with Crippen molar-refractivity contribution >= 4 is 45.7 Å². The zero-order valence-electron chi connectivity index (χ0n) is 19.6. The smallest absolute Gasteiger partial charge is 0.324 e. The SMILES string of the molecule is Cc1cncc(-n2c(=O)nc(Nc3cc4cn(C)nc4cc3Cl)n(Cc3cc(Cl)ccc3C#N)c2=O)c1. The maximum atomic E-state index is 13.8. The van der Waals surface area contributed by atoms with E-state index in [0.29, 0.717) is 32.4 Å². The van der Waals surface area contributed by atoms with Crippen LogP contribution in [0.4, 0.5) is 11.6 Å². The van der Waals surface area contributed by atoms with Crippen molar-refractivity contribution in [2.75, 3.05) is 5.32 Å². The molecule has 184 valence electrons. The van der Waals surface area contributed by atoms with E-state index >= 15 is 0 Å². The fourth-order valence-electron chi connectivity index (χ4n) is 3.97. The number of nitrogens with zero attached hydrogens (tertiary/aromatic N) is 7. The highest BCUT2D eigenvalue weighted by molar-refractivity contribution is 6.34. The number of nitrogens with one attached hydrogen (secondary N) is 1. The first-order valence-electron chi connectivity index (χ1n) is 11.0. The number of anilines is 2. The lowest BCUT2D eigenvalue weighted by Crippen LogP contribution is -2.42. The second-order valence-electron chi connectivity index (χ2n) is 8.37. The van der Waals surface area contributed by atoms with Crippen LogP contribution in [0.3, 0.4) is 0 Å². The number of pyridine rings is 1. The van der Waals surface area contributed by atoms with Crippen LogP contribution in [-0.2, 0) is 13.6 Å². The predicted molar refractivity (Wildman–Crippen MR) is 141 cm³/mol. The molecule has 5 aromatic rings. The molecule has 2 aromatic carbocycles. The van der Waals surface area contributed by atoms with Gasteiger partial charge in [0.05, 0.1) is 46.3 Å². The minimum Gasteiger partial charge on any atom is -0.324 e. The molecule has 0 amide bonds. The zero-order chi connectivity index (χ0) is 26.3. The summed E-state index contributed by atoms with van der Waals surface area (Å²) in [4.78, 5) is 35.1. The Labute approximate surface area is 220 Å². The highest BCUT2D eigenvalue weighted by Crippen LogP contribution is 2.29. The van der Waals surface area contributed by atoms with Crippen LogP contribution in [-0.4, -0.2) is 28.9 Å². The van der Waals surface area contributed by atoms with E-state index in [1.165, 1.54) is 10.8 Å². The molecule has 0 atom stereocenters. The van der Waals surface area contributed by atoms with Crippen LogP contribution in [0.2, 0.25) is 10.0 Å². The van der Waals surface area contributed by atoms with E-state index in [9.17, 15) is 14.9 Å². The molecule has 37 heavy (non-hydrogen) atoms. The number of benzene rings is 2. The van der Waals surface area contributed by atoms with Crippen LogP contribution in [0.5, 0.6) is 0 Å². The normalized spacial score (nSPS) is 11.0. The van der Waals surface area contributed by atoms with E-state index in [-0.39, 0.29) is 18.2 Å². The Morgan fingerprint density at radius 1 is 1.11 bits per heavy atom. The molecule has 0 bridgehead atoms. The number of halogens is 2. The largest absolute Gasteiger partial charge is 0.359 e. The van der Waals surface area contributed by atoms with Gasteiger partial charge >= 0.3 is 11.4 Å². The molecule has 5 rings (SSSR count). The number of hydrogen-bond donors (Lipinski definition) is 1. The predicted octanol–water partition coefficient (Wildman–Crippen LogP) is 3.95. The van der Waals surface area contributed by atoms with E-state index in [2.05, 4.69) is 26.5 Å². The molecule has 0 aliphatic rings. The van der Waals surface area contributed by atoms with E-state index in [0.717, 1.165) is 15.5 Å². The monoisotopic (exact) mass is 532 g/mol. The van der Waals surface area contributed by atoms with Crippen molar-refractivity contribution in [3.05, 3.63) is 103 Å². The van der Waals surface area contributed by atoms with Gasteiger partial charge in [0.1, 0.15) is 0 Å². The Hall–Kier alpha value is -4.46. The van der Waals surface area contributed by atoms with Crippen LogP contribution >= 0.6 is 23.2 Å². The Balaban J connectivity index is 1.71. The standard InChI is InChI=1S/C25H18Cl2N8O2/c1-14-5-19(11-29-10-14)35-24(36)31-23(30-22-7-17-12-33(2)32-21(17)8-20(22)27)34(25(35)37)13-16-6-18(26)4-3-15(16)9-28/h3-8,10-12H,13H2,1-2H3,(H,30,31,36). The fraction of sp³-hybridized carbons (Fsp3) is 0.120. The third kappa shape index (κ3) is 4.70. The molecule has 0 aliphatic carbocycles. The van der Waals surface area contributed by atoms with Crippen molar-refractivity contribution in [2.24, 2.45) is 7.05 Å². The summed E-state index contributed by atoms with van der Waals surface area (Å²) in [5, 5.41) is 18.5. The molecule has 10 nitrogen and oxygen atoms in total. The molecule has 0 unspecified atom stereocenters. The number of aromatic nitrogens is 6. The van der Waals surface area contributed by atoms with Crippen LogP contribution < -0.4 is 16.7 Å². The molecular weight excluding hydrogens is 515 g/mol. The topological polar surface area (TPSA) is 123 Å². The Morgan fingerprint density at radius 3 is 2.68 bits per heavy atom. The summed E-state index contributed by atoms with van der Waals surface area (Å²) in [6, 6.07) is 11.9. The van der Waals surface area contributed by atoms with Gasteiger partial charge in [0, 0.05) is 29.9 Å². The molecule has 0 aliphatic heterocycles. The summed E-state index contributed by atoms with van der Waals surface area (Å²) in [5.41, 5.74) is 1.45. The van der Waals surface area contributed by atoms with Gasteiger partial charge in [-0.05, 0) is 54.4 Å². The Kier molecular flexibility index (Phi) is 6.25. The highest BCUT2D eigenvalue weighted by atomic mass is 35.5. The van der Waals surface area contributed by atoms with Gasteiger partial charge < -0.3 is 5.32 Å². The van der Waals surface area contributed by atoms with Crippen molar-refractivity contribution in [3.8, 4) is 11.8 Å². The number of aryl methyl sites for hydroxylation is 2. The molecule has 3 heterocycles. The quantitative estimate of drug-likeness (QED) is 0.363. The summed E-state index contributed by atoms with van der Waals surface area (Å²) >= 11 is 12.7. The van der Waals surface area contributed by atoms with E-state index in [4.69, 9.17) is 23.2 Å². The van der Waals surface area contributed by atoms with Crippen molar-refractivity contribution < 1.29 is 0 Å². The number of rotatable bonds is 5. The summed E-state index contributed by atoms with van der Waals surface area (Å²) in [5.74, 6) is -0.0548. The first kappa shape index (κ1) is 24.2. The average Bonchev–Trinajstić information content (AvgIpc) is 3.20. The molecule has 0 fully saturated rings. The van der Waals surface area contributed by atoms with Gasteiger partial charge in [0.2, 0.25) is 5.95 Å². The van der Waals surface area contributed by atoms with Gasteiger partial charge in [0.25, 0.3) is 0 Å². The van der Waals surface area contributed by atoms with Crippen molar-refractivity contribution in [2.45, 2.75) is 13.5 Å². The summed E-state index contributed by atoms with van der Waals surface area (Å²) in [6.07, 6.45) is 4.83. The molecule has 12 heteroatoms. The van der Waals surface area contributed by atoms with Crippen molar-refractivity contribution in [1.82, 2.24) is 28.9 Å². The lowest BCUT2D eigenvalue weighted by Gasteiger charge is -2.17. The molecule has 1 N–H and O–H groups in total. The van der Waals surface area contributed by atoms with Gasteiger partial charge in [-0.3, -0.25) is 14.2 Å². The molecule has 0 saturated heterocycles. The lowest BCUT2D eigenvalue weighted by atomic mass is 10.1. The number of hydrogen-bond acceptors (Lipinski definition) is 7. The summed E-state index contributed by atoms with van der Waals surface area (Å²) in [7, 11) is 1.79. The van der Waals surface area contributed by atoms with E-state index in [1.54, 1.807) is 61.2 Å². The van der Waals surface area contributed by atoms with Crippen LogP contribution in [0.25, 0.3) is 16.6 Å². The third-order valence-corrected chi connectivity index (χ3v) is 6.21. The fourth-order valence-corrected chi connectivity index (χ4v) is 4.37. The highest BCUT2D eigenvalue weighted by Gasteiger charge is 2.18. The summed E-state index contributed by atoms with van der Waals surface area (Å²) in [6.45, 7) is 1.70. The van der Waals surface area contributed by atoms with Gasteiger partial charge in [-0.1, -0.05) is 23.2 Å². The van der Waals surface area contributed by atoms with Gasteiger partial charge in [-0.15, -0.1) is 0 Å². The molecule has 0 saturated carbocycles. The first-order chi connectivity index (χ1) is 17.7. The van der Waals surface area contributed by atoms with Gasteiger partial charge in [-0.25, -0.2) is 14.2 Å². The molecular formula is C25H18Cl2N8O2. The summed E-state index contributed by atoms with van der Waals surface area (Å²) < 4.78 is 3.83. The molecule has 3 aromatic heterocycles. The van der Waals surface area contributed by atoms with Crippen molar-refractivity contribution in [1.29, 1.82) is 5.26 Å².